The Balaban J connectivity index is 1.47. The van der Waals surface area contributed by atoms with Crippen LogP contribution in [-0.2, 0) is 29.0 Å². The average molecular weight is 464 g/mol. The van der Waals surface area contributed by atoms with Gasteiger partial charge in [0.1, 0.15) is 0 Å². The molecule has 1 aromatic rings. The molecule has 3 rings (SSSR count). The molecule has 2 unspecified atom stereocenters. The Morgan fingerprint density at radius 3 is 2.56 bits per heavy atom. The second-order valence-corrected chi connectivity index (χ2v) is 10.2. The predicted molar refractivity (Wildman–Crippen MR) is 119 cm³/mol. The summed E-state index contributed by atoms with van der Waals surface area (Å²) in [5, 5.41) is 5.72. The summed E-state index contributed by atoms with van der Waals surface area (Å²) in [5.41, 5.74) is 1.79. The van der Waals surface area contributed by atoms with Crippen LogP contribution in [0.2, 0.25) is 0 Å². The zero-order valence-electron chi connectivity index (χ0n) is 18.4. The second kappa shape index (κ2) is 10.2. The monoisotopic (exact) mass is 463 g/mol. The van der Waals surface area contributed by atoms with E-state index in [9.17, 15) is 22.8 Å². The summed E-state index contributed by atoms with van der Waals surface area (Å²) in [6.45, 7) is 4.01. The van der Waals surface area contributed by atoms with Crippen LogP contribution in [0.5, 0.6) is 0 Å². The number of hydrazone groups is 1. The second-order valence-electron chi connectivity index (χ2n) is 7.99. The molecule has 32 heavy (non-hydrogen) atoms. The van der Waals surface area contributed by atoms with Gasteiger partial charge in [-0.05, 0) is 25.8 Å². The zero-order chi connectivity index (χ0) is 23.3. The molecule has 2 aliphatic rings. The van der Waals surface area contributed by atoms with Gasteiger partial charge in [-0.15, -0.1) is 0 Å². The third kappa shape index (κ3) is 5.93. The van der Waals surface area contributed by atoms with E-state index in [4.69, 9.17) is 4.74 Å². The molecule has 174 valence electrons. The highest BCUT2D eigenvalue weighted by Crippen LogP contribution is 2.19. The third-order valence-corrected chi connectivity index (χ3v) is 7.42. The number of ether oxygens (including phenoxy) is 1. The number of likely N-dealkylation sites (N-methyl/N-ethyl adjacent to an activating group) is 1. The van der Waals surface area contributed by atoms with E-state index in [-0.39, 0.29) is 30.3 Å². The molecule has 2 heterocycles. The van der Waals surface area contributed by atoms with E-state index in [0.717, 1.165) is 11.3 Å². The van der Waals surface area contributed by atoms with Crippen molar-refractivity contribution in [1.82, 2.24) is 9.91 Å². The van der Waals surface area contributed by atoms with E-state index < -0.39 is 33.9 Å². The van der Waals surface area contributed by atoms with Gasteiger partial charge in [-0.25, -0.2) is 13.4 Å². The maximum Gasteiger partial charge on any atom is 0.307 e. The summed E-state index contributed by atoms with van der Waals surface area (Å²) in [4.78, 5) is 38.8. The van der Waals surface area contributed by atoms with Gasteiger partial charge in [0.15, 0.2) is 15.9 Å². The topological polar surface area (TPSA) is 113 Å². The van der Waals surface area contributed by atoms with Crippen LogP contribution in [0.3, 0.4) is 0 Å². The molecule has 0 N–H and O–H groups in total. The maximum atomic E-state index is 12.7. The first-order chi connectivity index (χ1) is 15.2. The first kappa shape index (κ1) is 23.9. The maximum absolute atomic E-state index is 12.7. The molecule has 1 fully saturated rings. The van der Waals surface area contributed by atoms with Gasteiger partial charge in [0.2, 0.25) is 5.91 Å². The Morgan fingerprint density at radius 1 is 1.22 bits per heavy atom. The quantitative estimate of drug-likeness (QED) is 0.538. The largest absolute Gasteiger partial charge is 0.453 e. The van der Waals surface area contributed by atoms with Crippen molar-refractivity contribution in [3.8, 4) is 0 Å². The summed E-state index contributed by atoms with van der Waals surface area (Å²) < 4.78 is 28.7. The van der Waals surface area contributed by atoms with Gasteiger partial charge in [-0.2, -0.15) is 5.10 Å². The van der Waals surface area contributed by atoms with Gasteiger partial charge >= 0.3 is 5.97 Å². The van der Waals surface area contributed by atoms with Crippen molar-refractivity contribution in [2.24, 2.45) is 5.10 Å². The van der Waals surface area contributed by atoms with Crippen LogP contribution in [0, 0.1) is 0 Å². The first-order valence-electron chi connectivity index (χ1n) is 10.8. The Kier molecular flexibility index (Phi) is 7.65. The molecular weight excluding hydrogens is 434 g/mol. The molecule has 0 aromatic heterocycles. The standard InChI is InChI=1S/C22H29N3O6S/c1-3-24(18-12-14-32(29,30)15-18)22(28)16(2)31-21(27)10-9-20(26)25-13-11-19(23-25)17-7-5-4-6-8-17/h4-8,16,18H,3,9-15H2,1-2H3. The van der Waals surface area contributed by atoms with Crippen LogP contribution in [0.15, 0.2) is 35.4 Å². The molecule has 2 atom stereocenters. The molecule has 2 amide bonds. The van der Waals surface area contributed by atoms with Crippen LogP contribution in [0.4, 0.5) is 0 Å². The Morgan fingerprint density at radius 2 is 1.94 bits per heavy atom. The minimum atomic E-state index is -3.14. The number of benzene rings is 1. The first-order valence-corrected chi connectivity index (χ1v) is 12.7. The van der Waals surface area contributed by atoms with Crippen molar-refractivity contribution in [3.05, 3.63) is 35.9 Å². The van der Waals surface area contributed by atoms with Crippen LogP contribution < -0.4 is 0 Å². The minimum absolute atomic E-state index is 0.0582. The number of sulfone groups is 1. The van der Waals surface area contributed by atoms with Gasteiger partial charge in [-0.1, -0.05) is 30.3 Å². The average Bonchev–Trinajstić information content (AvgIpc) is 3.40. The SMILES string of the molecule is CCN(C(=O)C(C)OC(=O)CCC(=O)N1CCC(c2ccccc2)=N1)C1CCS(=O)(=O)C1. The number of rotatable bonds is 8. The molecule has 2 aliphatic heterocycles. The third-order valence-electron chi connectivity index (χ3n) is 5.67. The number of esters is 1. The van der Waals surface area contributed by atoms with Crippen molar-refractivity contribution in [2.75, 3.05) is 24.6 Å². The van der Waals surface area contributed by atoms with E-state index in [2.05, 4.69) is 5.10 Å². The Labute approximate surface area is 188 Å². The molecule has 1 aromatic carbocycles. The van der Waals surface area contributed by atoms with Crippen LogP contribution in [0.1, 0.15) is 45.1 Å². The number of amides is 2. The lowest BCUT2D eigenvalue weighted by atomic mass is 10.1. The molecule has 0 saturated carbocycles. The lowest BCUT2D eigenvalue weighted by Crippen LogP contribution is -2.46. The molecule has 0 spiro atoms. The highest BCUT2D eigenvalue weighted by Gasteiger charge is 2.36. The van der Waals surface area contributed by atoms with Crippen molar-refractivity contribution < 1.29 is 27.5 Å². The lowest BCUT2D eigenvalue weighted by molar-refractivity contribution is -0.160. The number of nitrogens with zero attached hydrogens (tertiary/aromatic N) is 3. The van der Waals surface area contributed by atoms with Gasteiger partial charge in [0, 0.05) is 25.4 Å². The van der Waals surface area contributed by atoms with Crippen molar-refractivity contribution in [1.29, 1.82) is 0 Å². The molecule has 1 saturated heterocycles. The number of hydrogen-bond donors (Lipinski definition) is 0. The summed E-state index contributed by atoms with van der Waals surface area (Å²) >= 11 is 0. The van der Waals surface area contributed by atoms with Gasteiger partial charge in [0.05, 0.1) is 30.2 Å². The summed E-state index contributed by atoms with van der Waals surface area (Å²) in [5.74, 6) is -1.36. The van der Waals surface area contributed by atoms with Gasteiger partial charge < -0.3 is 9.64 Å². The fourth-order valence-electron chi connectivity index (χ4n) is 3.96. The van der Waals surface area contributed by atoms with E-state index in [1.54, 1.807) is 6.92 Å². The Bertz CT molecular complexity index is 992. The molecule has 10 heteroatoms. The molecule has 0 aliphatic carbocycles. The van der Waals surface area contributed by atoms with Gasteiger partial charge in [0.25, 0.3) is 5.91 Å². The summed E-state index contributed by atoms with van der Waals surface area (Å²) in [7, 11) is -3.14. The van der Waals surface area contributed by atoms with Gasteiger partial charge in [-0.3, -0.25) is 14.4 Å². The number of carbonyl (C=O) groups is 3. The lowest BCUT2D eigenvalue weighted by Gasteiger charge is -2.29. The Hall–Kier alpha value is -2.75. The van der Waals surface area contributed by atoms with Crippen molar-refractivity contribution >= 4 is 33.3 Å². The van der Waals surface area contributed by atoms with E-state index in [1.165, 1.54) is 16.8 Å². The smallest absolute Gasteiger partial charge is 0.307 e. The van der Waals surface area contributed by atoms with E-state index >= 15 is 0 Å². The van der Waals surface area contributed by atoms with Crippen LogP contribution >= 0.6 is 0 Å². The molecule has 0 bridgehead atoms. The summed E-state index contributed by atoms with van der Waals surface area (Å²) in [6.07, 6.45) is -0.236. The number of hydrogen-bond acceptors (Lipinski definition) is 7. The normalized spacial score (nSPS) is 20.5. The fourth-order valence-corrected chi connectivity index (χ4v) is 5.69. The van der Waals surface area contributed by atoms with Crippen LogP contribution in [-0.4, -0.2) is 78.6 Å². The molecule has 0 radical (unpaired) electrons. The highest BCUT2D eigenvalue weighted by atomic mass is 32.2. The summed E-state index contributed by atoms with van der Waals surface area (Å²) in [6, 6.07) is 9.20. The predicted octanol–water partition coefficient (Wildman–Crippen LogP) is 1.37. The minimum Gasteiger partial charge on any atom is -0.453 e. The molecule has 9 nitrogen and oxygen atoms in total. The number of carbonyl (C=O) groups excluding carboxylic acids is 3. The van der Waals surface area contributed by atoms with E-state index in [1.807, 2.05) is 30.3 Å². The van der Waals surface area contributed by atoms with Crippen LogP contribution in [0.25, 0.3) is 0 Å². The van der Waals surface area contributed by atoms with Crippen molar-refractivity contribution in [2.45, 2.75) is 51.7 Å². The van der Waals surface area contributed by atoms with Crippen molar-refractivity contribution in [3.63, 3.8) is 0 Å². The zero-order valence-corrected chi connectivity index (χ0v) is 19.2. The molecular formula is C22H29N3O6S. The highest BCUT2D eigenvalue weighted by molar-refractivity contribution is 7.91. The van der Waals surface area contributed by atoms with E-state index in [0.29, 0.717) is 25.9 Å². The fraction of sp³-hybridized carbons (Fsp3) is 0.545.